The van der Waals surface area contributed by atoms with E-state index in [1.54, 1.807) is 51.1 Å². The molecule has 0 fully saturated rings. The van der Waals surface area contributed by atoms with Crippen molar-refractivity contribution in [3.8, 4) is 0 Å². The third kappa shape index (κ3) is 8.82. The Kier molecular flexibility index (Phi) is 9.16. The molecule has 9 heteroatoms. The molecule has 0 spiro atoms. The number of nitrogens with zero attached hydrogens (tertiary/aromatic N) is 1. The average Bonchev–Trinajstić information content (AvgIpc) is 3.13. The second-order valence-corrected chi connectivity index (χ2v) is 10.00. The van der Waals surface area contributed by atoms with Gasteiger partial charge in [0.05, 0.1) is 0 Å². The number of ether oxygens (including phenoxy) is 1. The molecule has 0 atom stereocenters. The smallest absolute Gasteiger partial charge is 0.456 e. The lowest BCUT2D eigenvalue weighted by atomic mass is 10.1. The predicted octanol–water partition coefficient (Wildman–Crippen LogP) is 6.31. The molecule has 0 N–H and O–H groups in total. The minimum absolute atomic E-state index is 0.00153. The van der Waals surface area contributed by atoms with Crippen LogP contribution in [0.1, 0.15) is 53.7 Å². The van der Waals surface area contributed by atoms with Crippen molar-refractivity contribution < 1.29 is 27.5 Å². The van der Waals surface area contributed by atoms with Crippen LogP contribution in [0.5, 0.6) is 0 Å². The second kappa shape index (κ2) is 11.2. The molecule has 0 saturated heterocycles. The first kappa shape index (κ1) is 26.2. The van der Waals surface area contributed by atoms with Crippen LogP contribution >= 0.6 is 22.9 Å². The Bertz CT molecular complexity index is 922. The maximum atomic E-state index is 13.0. The quantitative estimate of drug-likeness (QED) is 0.387. The van der Waals surface area contributed by atoms with E-state index in [1.807, 2.05) is 6.07 Å². The standard InChI is InChI=1S/C23H27ClF3NO3S/c1-22(2,3)31-20(29)19-12-11-18(32-19)10-6-14-28(21(30)23(25,26)27)13-5-8-16-7-4-9-17(24)15-16/h4,7,9,11-12,15H,5-6,8,10,13-14H2,1-3H3. The summed E-state index contributed by atoms with van der Waals surface area (Å²) in [5.74, 6) is -2.26. The Morgan fingerprint density at radius 3 is 2.28 bits per heavy atom. The Morgan fingerprint density at radius 2 is 1.69 bits per heavy atom. The lowest BCUT2D eigenvalue weighted by Crippen LogP contribution is -2.42. The number of benzene rings is 1. The summed E-state index contributed by atoms with van der Waals surface area (Å²) in [5.41, 5.74) is 0.301. The van der Waals surface area contributed by atoms with Gasteiger partial charge in [0.25, 0.3) is 0 Å². The van der Waals surface area contributed by atoms with E-state index < -0.39 is 23.7 Å². The fourth-order valence-corrected chi connectivity index (χ4v) is 4.19. The van der Waals surface area contributed by atoms with E-state index in [0.29, 0.717) is 35.6 Å². The van der Waals surface area contributed by atoms with Gasteiger partial charge in [-0.3, -0.25) is 4.79 Å². The van der Waals surface area contributed by atoms with E-state index in [0.717, 1.165) is 15.3 Å². The number of aryl methyl sites for hydroxylation is 2. The molecule has 0 bridgehead atoms. The number of hydrogen-bond donors (Lipinski definition) is 0. The summed E-state index contributed by atoms with van der Waals surface area (Å²) in [7, 11) is 0. The van der Waals surface area contributed by atoms with E-state index in [1.165, 1.54) is 11.3 Å². The van der Waals surface area contributed by atoms with Gasteiger partial charge in [-0.2, -0.15) is 13.2 Å². The molecule has 0 radical (unpaired) electrons. The summed E-state index contributed by atoms with van der Waals surface area (Å²) >= 11 is 7.19. The molecule has 0 saturated carbocycles. The minimum Gasteiger partial charge on any atom is -0.456 e. The van der Waals surface area contributed by atoms with Gasteiger partial charge in [-0.15, -0.1) is 11.3 Å². The molecule has 0 unspecified atom stereocenters. The summed E-state index contributed by atoms with van der Waals surface area (Å²) in [4.78, 5) is 26.1. The third-order valence-corrected chi connectivity index (χ3v) is 5.79. The first-order chi connectivity index (χ1) is 14.8. The van der Waals surface area contributed by atoms with Crippen LogP contribution in [0.3, 0.4) is 0 Å². The lowest BCUT2D eigenvalue weighted by molar-refractivity contribution is -0.185. The highest BCUT2D eigenvalue weighted by molar-refractivity contribution is 7.13. The van der Waals surface area contributed by atoms with Gasteiger partial charge < -0.3 is 9.64 Å². The number of carbonyl (C=O) groups excluding carboxylic acids is 2. The zero-order chi connectivity index (χ0) is 23.9. The molecule has 2 rings (SSSR count). The van der Waals surface area contributed by atoms with Crippen LogP contribution in [0.25, 0.3) is 0 Å². The van der Waals surface area contributed by atoms with Crippen LogP contribution in [-0.2, 0) is 22.4 Å². The minimum atomic E-state index is -4.91. The van der Waals surface area contributed by atoms with Gasteiger partial charge in [0, 0.05) is 23.0 Å². The monoisotopic (exact) mass is 489 g/mol. The number of hydrogen-bond acceptors (Lipinski definition) is 4. The number of amides is 1. The van der Waals surface area contributed by atoms with Crippen molar-refractivity contribution in [1.29, 1.82) is 0 Å². The molecule has 1 aromatic heterocycles. The number of alkyl halides is 3. The zero-order valence-electron chi connectivity index (χ0n) is 18.3. The van der Waals surface area contributed by atoms with Crippen LogP contribution in [0.15, 0.2) is 36.4 Å². The van der Waals surface area contributed by atoms with E-state index in [-0.39, 0.29) is 13.1 Å². The first-order valence-electron chi connectivity index (χ1n) is 10.3. The highest BCUT2D eigenvalue weighted by Gasteiger charge is 2.42. The fourth-order valence-electron chi connectivity index (χ4n) is 3.06. The van der Waals surface area contributed by atoms with Gasteiger partial charge in [0.2, 0.25) is 0 Å². The lowest BCUT2D eigenvalue weighted by Gasteiger charge is -2.23. The molecule has 1 amide bonds. The molecule has 4 nitrogen and oxygen atoms in total. The van der Waals surface area contributed by atoms with Gasteiger partial charge in [-0.05, 0) is 76.3 Å². The van der Waals surface area contributed by atoms with Crippen LogP contribution in [0, 0.1) is 0 Å². The molecule has 2 aromatic rings. The first-order valence-corrected chi connectivity index (χ1v) is 11.5. The highest BCUT2D eigenvalue weighted by atomic mass is 35.5. The topological polar surface area (TPSA) is 46.6 Å². The average molecular weight is 490 g/mol. The van der Waals surface area contributed by atoms with Crippen molar-refractivity contribution in [3.05, 3.63) is 56.7 Å². The summed E-state index contributed by atoms with van der Waals surface area (Å²) in [6.45, 7) is 5.31. The van der Waals surface area contributed by atoms with Crippen LogP contribution in [-0.4, -0.2) is 41.6 Å². The number of rotatable bonds is 9. The zero-order valence-corrected chi connectivity index (χ0v) is 19.9. The molecular weight excluding hydrogens is 463 g/mol. The van der Waals surface area contributed by atoms with Gasteiger partial charge in [0.1, 0.15) is 10.5 Å². The van der Waals surface area contributed by atoms with Crippen molar-refractivity contribution in [2.45, 2.75) is 58.2 Å². The molecule has 0 aliphatic heterocycles. The number of halogens is 4. The highest BCUT2D eigenvalue weighted by Crippen LogP contribution is 2.23. The van der Waals surface area contributed by atoms with Crippen molar-refractivity contribution >= 4 is 34.8 Å². The maximum Gasteiger partial charge on any atom is 0.471 e. The number of thiophene rings is 1. The predicted molar refractivity (Wildman–Crippen MR) is 120 cm³/mol. The van der Waals surface area contributed by atoms with Crippen molar-refractivity contribution in [1.82, 2.24) is 4.90 Å². The number of carbonyl (C=O) groups is 2. The molecular formula is C23H27ClF3NO3S. The summed E-state index contributed by atoms with van der Waals surface area (Å²) in [6.07, 6.45) is -3.18. The summed E-state index contributed by atoms with van der Waals surface area (Å²) in [6, 6.07) is 10.5. The van der Waals surface area contributed by atoms with E-state index in [4.69, 9.17) is 16.3 Å². The van der Waals surface area contributed by atoms with Gasteiger partial charge in [-0.25, -0.2) is 4.79 Å². The van der Waals surface area contributed by atoms with Crippen LogP contribution in [0.2, 0.25) is 5.02 Å². The second-order valence-electron chi connectivity index (χ2n) is 8.39. The molecule has 0 aliphatic carbocycles. The molecule has 176 valence electrons. The van der Waals surface area contributed by atoms with Gasteiger partial charge in [0.15, 0.2) is 0 Å². The Morgan fingerprint density at radius 1 is 1.03 bits per heavy atom. The Hall–Kier alpha value is -2.06. The SMILES string of the molecule is CC(C)(C)OC(=O)c1ccc(CCCN(CCCc2cccc(Cl)c2)C(=O)C(F)(F)F)s1. The molecule has 0 aliphatic rings. The van der Waals surface area contributed by atoms with E-state index in [9.17, 15) is 22.8 Å². The van der Waals surface area contributed by atoms with Gasteiger partial charge in [-0.1, -0.05) is 23.7 Å². The molecule has 32 heavy (non-hydrogen) atoms. The summed E-state index contributed by atoms with van der Waals surface area (Å²) < 4.78 is 44.4. The molecule has 1 aromatic carbocycles. The van der Waals surface area contributed by atoms with Crippen molar-refractivity contribution in [3.63, 3.8) is 0 Å². The summed E-state index contributed by atoms with van der Waals surface area (Å²) in [5, 5.41) is 0.562. The normalized spacial score (nSPS) is 12.0. The van der Waals surface area contributed by atoms with E-state index >= 15 is 0 Å². The Labute approximate surface area is 195 Å². The largest absolute Gasteiger partial charge is 0.471 e. The van der Waals surface area contributed by atoms with Crippen LogP contribution in [0.4, 0.5) is 13.2 Å². The van der Waals surface area contributed by atoms with Crippen molar-refractivity contribution in [2.24, 2.45) is 0 Å². The molecule has 1 heterocycles. The maximum absolute atomic E-state index is 13.0. The fraction of sp³-hybridized carbons (Fsp3) is 0.478. The Balaban J connectivity index is 1.91. The van der Waals surface area contributed by atoms with E-state index in [2.05, 4.69) is 0 Å². The number of esters is 1. The van der Waals surface area contributed by atoms with Crippen molar-refractivity contribution in [2.75, 3.05) is 13.1 Å². The van der Waals surface area contributed by atoms with Crippen LogP contribution < -0.4 is 0 Å². The van der Waals surface area contributed by atoms with Gasteiger partial charge >= 0.3 is 18.1 Å². The third-order valence-electron chi connectivity index (χ3n) is 4.43.